The van der Waals surface area contributed by atoms with E-state index in [2.05, 4.69) is 5.32 Å². The summed E-state index contributed by atoms with van der Waals surface area (Å²) in [6, 6.07) is 7.01. The summed E-state index contributed by atoms with van der Waals surface area (Å²) in [6.07, 6.45) is -0.524. The Balaban J connectivity index is 2.82. The van der Waals surface area contributed by atoms with Gasteiger partial charge in [0.1, 0.15) is 11.6 Å². The van der Waals surface area contributed by atoms with Gasteiger partial charge in [-0.05, 0) is 47.1 Å². The van der Waals surface area contributed by atoms with Crippen LogP contribution in [0.15, 0.2) is 24.3 Å². The Morgan fingerprint density at radius 3 is 2.17 bits per heavy atom. The minimum absolute atomic E-state index is 0.247. The molecule has 1 atom stereocenters. The molecule has 1 N–H and O–H groups in total. The first-order chi connectivity index (χ1) is 10.6. The van der Waals surface area contributed by atoms with E-state index in [-0.39, 0.29) is 6.10 Å². The van der Waals surface area contributed by atoms with Crippen molar-refractivity contribution in [2.45, 2.75) is 65.7 Å². The van der Waals surface area contributed by atoms with Crippen LogP contribution in [0.2, 0.25) is 0 Å². The van der Waals surface area contributed by atoms with Crippen molar-refractivity contribution in [3.8, 4) is 0 Å². The summed E-state index contributed by atoms with van der Waals surface area (Å²) in [5.74, 6) is -0.466. The van der Waals surface area contributed by atoms with Crippen molar-refractivity contribution < 1.29 is 19.1 Å². The van der Waals surface area contributed by atoms with E-state index in [9.17, 15) is 9.59 Å². The van der Waals surface area contributed by atoms with Crippen LogP contribution >= 0.6 is 0 Å². The van der Waals surface area contributed by atoms with Gasteiger partial charge >= 0.3 is 12.1 Å². The van der Waals surface area contributed by atoms with E-state index >= 15 is 0 Å². The lowest BCUT2D eigenvalue weighted by Gasteiger charge is -2.23. The van der Waals surface area contributed by atoms with E-state index in [1.807, 2.05) is 31.2 Å². The van der Waals surface area contributed by atoms with Gasteiger partial charge in [-0.3, -0.25) is 0 Å². The highest BCUT2D eigenvalue weighted by Gasteiger charge is 2.26. The summed E-state index contributed by atoms with van der Waals surface area (Å²) < 4.78 is 10.5. The van der Waals surface area contributed by atoms with Gasteiger partial charge in [0.2, 0.25) is 0 Å². The lowest BCUT2D eigenvalue weighted by Crippen LogP contribution is -2.46. The van der Waals surface area contributed by atoms with Crippen molar-refractivity contribution in [1.29, 1.82) is 0 Å². The monoisotopic (exact) mass is 321 g/mol. The molecule has 128 valence electrons. The predicted octanol–water partition coefficient (Wildman–Crippen LogP) is 3.38. The number of aryl methyl sites for hydroxylation is 1. The van der Waals surface area contributed by atoms with Gasteiger partial charge in [0, 0.05) is 6.42 Å². The first-order valence-corrected chi connectivity index (χ1v) is 7.82. The molecule has 0 aromatic heterocycles. The molecule has 0 fully saturated rings. The summed E-state index contributed by atoms with van der Waals surface area (Å²) in [5, 5.41) is 2.61. The van der Waals surface area contributed by atoms with Crippen molar-refractivity contribution in [2.24, 2.45) is 0 Å². The van der Waals surface area contributed by atoms with Crippen molar-refractivity contribution in [3.05, 3.63) is 35.4 Å². The fourth-order valence-electron chi connectivity index (χ4n) is 1.92. The largest absolute Gasteiger partial charge is 0.461 e. The first-order valence-electron chi connectivity index (χ1n) is 7.82. The van der Waals surface area contributed by atoms with Crippen LogP contribution in [0.4, 0.5) is 4.79 Å². The zero-order valence-electron chi connectivity index (χ0n) is 14.8. The molecule has 0 aliphatic carbocycles. The number of hydrogen-bond donors (Lipinski definition) is 1. The van der Waals surface area contributed by atoms with Gasteiger partial charge < -0.3 is 14.8 Å². The SMILES string of the molecule is Cc1ccc(C[C@@H](NC(=O)OC(C)(C)C)C(=O)OC(C)C)cc1. The maximum atomic E-state index is 12.2. The second kappa shape index (κ2) is 7.99. The Labute approximate surface area is 138 Å². The fraction of sp³-hybridized carbons (Fsp3) is 0.556. The van der Waals surface area contributed by atoms with Gasteiger partial charge in [-0.2, -0.15) is 0 Å². The van der Waals surface area contributed by atoms with E-state index in [4.69, 9.17) is 9.47 Å². The van der Waals surface area contributed by atoms with Crippen LogP contribution in [0.25, 0.3) is 0 Å². The number of nitrogens with one attached hydrogen (secondary N) is 1. The van der Waals surface area contributed by atoms with Gasteiger partial charge in [-0.25, -0.2) is 9.59 Å². The average molecular weight is 321 g/mol. The highest BCUT2D eigenvalue weighted by Crippen LogP contribution is 2.10. The molecule has 1 rings (SSSR count). The normalized spacial score (nSPS) is 12.7. The number of amides is 1. The number of alkyl carbamates (subject to hydrolysis) is 1. The molecule has 23 heavy (non-hydrogen) atoms. The number of hydrogen-bond acceptors (Lipinski definition) is 4. The van der Waals surface area contributed by atoms with Gasteiger partial charge in [-0.15, -0.1) is 0 Å². The zero-order chi connectivity index (χ0) is 17.6. The summed E-state index contributed by atoms with van der Waals surface area (Å²) in [5.41, 5.74) is 1.45. The molecule has 0 spiro atoms. The molecule has 0 unspecified atom stereocenters. The smallest absolute Gasteiger partial charge is 0.408 e. The maximum Gasteiger partial charge on any atom is 0.408 e. The van der Waals surface area contributed by atoms with Crippen molar-refractivity contribution in [2.75, 3.05) is 0 Å². The highest BCUT2D eigenvalue weighted by molar-refractivity contribution is 5.81. The molecule has 5 heteroatoms. The average Bonchev–Trinajstić information content (AvgIpc) is 2.37. The Bertz CT molecular complexity index is 529. The summed E-state index contributed by atoms with van der Waals surface area (Å²) >= 11 is 0. The van der Waals surface area contributed by atoms with Crippen LogP contribution in [0, 0.1) is 6.92 Å². The fourth-order valence-corrected chi connectivity index (χ4v) is 1.92. The van der Waals surface area contributed by atoms with Crippen LogP contribution in [-0.2, 0) is 20.7 Å². The Hall–Kier alpha value is -2.04. The van der Waals surface area contributed by atoms with Crippen LogP contribution in [0.1, 0.15) is 45.7 Å². The van der Waals surface area contributed by atoms with Crippen molar-refractivity contribution in [3.63, 3.8) is 0 Å². The number of carbonyl (C=O) groups excluding carboxylic acids is 2. The molecule has 0 saturated heterocycles. The summed E-state index contributed by atoms with van der Waals surface area (Å²) in [6.45, 7) is 10.9. The molecule has 0 saturated carbocycles. The molecule has 1 amide bonds. The van der Waals surface area contributed by atoms with Gasteiger partial charge in [-0.1, -0.05) is 29.8 Å². The molecule has 0 radical (unpaired) electrons. The first kappa shape index (κ1) is 19.0. The van der Waals surface area contributed by atoms with Crippen LogP contribution in [0.5, 0.6) is 0 Å². The predicted molar refractivity (Wildman–Crippen MR) is 89.3 cm³/mol. The van der Waals surface area contributed by atoms with E-state index in [1.165, 1.54) is 0 Å². The Morgan fingerprint density at radius 1 is 1.13 bits per heavy atom. The minimum atomic E-state index is -0.782. The van der Waals surface area contributed by atoms with Gasteiger partial charge in [0.25, 0.3) is 0 Å². The Morgan fingerprint density at radius 2 is 1.70 bits per heavy atom. The van der Waals surface area contributed by atoms with Crippen LogP contribution in [-0.4, -0.2) is 29.8 Å². The molecule has 0 bridgehead atoms. The lowest BCUT2D eigenvalue weighted by molar-refractivity contribution is -0.149. The highest BCUT2D eigenvalue weighted by atomic mass is 16.6. The quantitative estimate of drug-likeness (QED) is 0.844. The molecule has 1 aromatic rings. The number of benzene rings is 1. The molecular formula is C18H27NO4. The third kappa shape index (κ3) is 7.68. The Kier molecular flexibility index (Phi) is 6.61. The third-order valence-electron chi connectivity index (χ3n) is 2.89. The number of rotatable bonds is 5. The molecule has 1 aromatic carbocycles. The second-order valence-corrected chi connectivity index (χ2v) is 6.87. The third-order valence-corrected chi connectivity index (χ3v) is 2.89. The van der Waals surface area contributed by atoms with Gasteiger partial charge in [0.05, 0.1) is 6.10 Å². The van der Waals surface area contributed by atoms with Crippen molar-refractivity contribution in [1.82, 2.24) is 5.32 Å². The number of esters is 1. The molecule has 0 aliphatic rings. The minimum Gasteiger partial charge on any atom is -0.461 e. The van der Waals surface area contributed by atoms with Crippen molar-refractivity contribution >= 4 is 12.1 Å². The molecular weight excluding hydrogens is 294 g/mol. The van der Waals surface area contributed by atoms with E-state index in [0.29, 0.717) is 6.42 Å². The summed E-state index contributed by atoms with van der Waals surface area (Å²) in [4.78, 5) is 24.2. The van der Waals surface area contributed by atoms with E-state index < -0.39 is 23.7 Å². The molecule has 0 aliphatic heterocycles. The number of ether oxygens (including phenoxy) is 2. The number of carbonyl (C=O) groups is 2. The van der Waals surface area contributed by atoms with E-state index in [1.54, 1.807) is 34.6 Å². The maximum absolute atomic E-state index is 12.2. The molecule has 0 heterocycles. The summed E-state index contributed by atoms with van der Waals surface area (Å²) in [7, 11) is 0. The molecule has 5 nitrogen and oxygen atoms in total. The van der Waals surface area contributed by atoms with Gasteiger partial charge in [0.15, 0.2) is 0 Å². The standard InChI is InChI=1S/C18H27NO4/c1-12(2)22-16(20)15(19-17(21)23-18(4,5)6)11-14-9-7-13(3)8-10-14/h7-10,12,15H,11H2,1-6H3,(H,19,21)/t15-/m1/s1. The van der Waals surface area contributed by atoms with Crippen LogP contribution in [0.3, 0.4) is 0 Å². The topological polar surface area (TPSA) is 64.6 Å². The zero-order valence-corrected chi connectivity index (χ0v) is 14.8. The second-order valence-electron chi connectivity index (χ2n) is 6.87. The van der Waals surface area contributed by atoms with E-state index in [0.717, 1.165) is 11.1 Å². The lowest BCUT2D eigenvalue weighted by atomic mass is 10.0. The van der Waals surface area contributed by atoms with Crippen LogP contribution < -0.4 is 5.32 Å².